The number of anilines is 2. The van der Waals surface area contributed by atoms with Crippen LogP contribution >= 0.6 is 0 Å². The maximum Gasteiger partial charge on any atom is 0.195 e. The van der Waals surface area contributed by atoms with Gasteiger partial charge in [0.2, 0.25) is 0 Å². The van der Waals surface area contributed by atoms with E-state index < -0.39 is 0 Å². The van der Waals surface area contributed by atoms with Crippen molar-refractivity contribution >= 4 is 22.3 Å². The van der Waals surface area contributed by atoms with Crippen LogP contribution in [0.3, 0.4) is 0 Å². The number of nitrogens with one attached hydrogen (secondary N) is 1. The average molecular weight is 294 g/mol. The zero-order chi connectivity index (χ0) is 15.7. The predicted octanol–water partition coefficient (Wildman–Crippen LogP) is 3.57. The van der Waals surface area contributed by atoms with Crippen LogP contribution in [0.4, 0.5) is 11.4 Å². The fourth-order valence-corrected chi connectivity index (χ4v) is 2.48. The highest BCUT2D eigenvalue weighted by Crippen LogP contribution is 2.26. The van der Waals surface area contributed by atoms with E-state index in [0.29, 0.717) is 16.7 Å². The number of rotatable bonds is 3. The fourth-order valence-electron chi connectivity index (χ4n) is 2.48. The summed E-state index contributed by atoms with van der Waals surface area (Å²) in [5, 5.41) is 3.61. The van der Waals surface area contributed by atoms with Crippen LogP contribution in [0.5, 0.6) is 0 Å². The summed E-state index contributed by atoms with van der Waals surface area (Å²) in [4.78, 5) is 14.4. The largest absolute Gasteiger partial charge is 0.456 e. The highest BCUT2D eigenvalue weighted by atomic mass is 16.3. The lowest BCUT2D eigenvalue weighted by atomic mass is 10.1. The van der Waals surface area contributed by atoms with Crippen molar-refractivity contribution in [1.29, 1.82) is 0 Å². The third-order valence-corrected chi connectivity index (χ3v) is 3.69. The minimum Gasteiger partial charge on any atom is -0.456 e. The molecular weight excluding hydrogens is 276 g/mol. The van der Waals surface area contributed by atoms with Gasteiger partial charge in [-0.05, 0) is 36.4 Å². The summed E-state index contributed by atoms with van der Waals surface area (Å²) < 4.78 is 5.92. The number of hydrogen-bond donors (Lipinski definition) is 1. The molecule has 112 valence electrons. The molecule has 0 aliphatic heterocycles. The van der Waals surface area contributed by atoms with Crippen molar-refractivity contribution < 1.29 is 4.42 Å². The standard InChI is InChI=1S/C18H18N2O2/c1-19-14-5-4-6-16-18(14)15(21)11-17(22-16)12-7-9-13(10-8-12)20(2)3/h4-11,19H,1-3H3. The van der Waals surface area contributed by atoms with Crippen LogP contribution < -0.4 is 15.6 Å². The molecule has 0 amide bonds. The second-order valence-corrected chi connectivity index (χ2v) is 5.34. The van der Waals surface area contributed by atoms with Crippen molar-refractivity contribution in [2.45, 2.75) is 0 Å². The molecule has 22 heavy (non-hydrogen) atoms. The monoisotopic (exact) mass is 294 g/mol. The highest BCUT2D eigenvalue weighted by Gasteiger charge is 2.10. The van der Waals surface area contributed by atoms with Crippen LogP contribution in [0.15, 0.2) is 57.7 Å². The van der Waals surface area contributed by atoms with Gasteiger partial charge >= 0.3 is 0 Å². The molecule has 0 radical (unpaired) electrons. The summed E-state index contributed by atoms with van der Waals surface area (Å²) in [6, 6.07) is 15.0. The number of nitrogens with zero attached hydrogens (tertiary/aromatic N) is 1. The quantitative estimate of drug-likeness (QED) is 0.802. The molecule has 4 heteroatoms. The van der Waals surface area contributed by atoms with Gasteiger partial charge in [0.1, 0.15) is 11.3 Å². The molecule has 0 fully saturated rings. The van der Waals surface area contributed by atoms with Crippen LogP contribution in [0.2, 0.25) is 0 Å². The van der Waals surface area contributed by atoms with E-state index in [1.807, 2.05) is 61.5 Å². The van der Waals surface area contributed by atoms with E-state index in [2.05, 4.69) is 5.32 Å². The van der Waals surface area contributed by atoms with E-state index in [1.165, 1.54) is 0 Å². The van der Waals surface area contributed by atoms with Crippen molar-refractivity contribution in [2.75, 3.05) is 31.4 Å². The summed E-state index contributed by atoms with van der Waals surface area (Å²) in [6.07, 6.45) is 0. The maximum absolute atomic E-state index is 12.4. The minimum absolute atomic E-state index is 0.0436. The first-order chi connectivity index (χ1) is 10.6. The van der Waals surface area contributed by atoms with E-state index in [1.54, 1.807) is 13.1 Å². The molecule has 4 nitrogen and oxygen atoms in total. The second-order valence-electron chi connectivity index (χ2n) is 5.34. The van der Waals surface area contributed by atoms with Gasteiger partial charge in [0.15, 0.2) is 5.43 Å². The van der Waals surface area contributed by atoms with Gasteiger partial charge in [-0.2, -0.15) is 0 Å². The van der Waals surface area contributed by atoms with E-state index in [-0.39, 0.29) is 5.43 Å². The second kappa shape index (κ2) is 5.56. The Kier molecular flexibility index (Phi) is 3.59. The molecule has 0 unspecified atom stereocenters. The summed E-state index contributed by atoms with van der Waals surface area (Å²) in [6.45, 7) is 0. The van der Waals surface area contributed by atoms with Gasteiger partial charge in [0.05, 0.1) is 5.39 Å². The Hall–Kier alpha value is -2.75. The van der Waals surface area contributed by atoms with Crippen LogP contribution in [-0.2, 0) is 0 Å². The third-order valence-electron chi connectivity index (χ3n) is 3.69. The van der Waals surface area contributed by atoms with E-state index >= 15 is 0 Å². The van der Waals surface area contributed by atoms with E-state index in [9.17, 15) is 4.79 Å². The van der Waals surface area contributed by atoms with Gasteiger partial charge in [0, 0.05) is 44.1 Å². The third kappa shape index (κ3) is 2.44. The summed E-state index contributed by atoms with van der Waals surface area (Å²) >= 11 is 0. The van der Waals surface area contributed by atoms with Crippen molar-refractivity contribution in [1.82, 2.24) is 0 Å². The molecular formula is C18H18N2O2. The normalized spacial score (nSPS) is 10.7. The van der Waals surface area contributed by atoms with Gasteiger partial charge < -0.3 is 14.6 Å². The first-order valence-corrected chi connectivity index (χ1v) is 7.12. The molecule has 3 aromatic rings. The molecule has 0 saturated heterocycles. The summed E-state index contributed by atoms with van der Waals surface area (Å²) in [7, 11) is 5.77. The van der Waals surface area contributed by atoms with Crippen molar-refractivity contribution in [3.63, 3.8) is 0 Å². The molecule has 0 aliphatic carbocycles. The molecule has 0 saturated carbocycles. The van der Waals surface area contributed by atoms with Crippen molar-refractivity contribution in [2.24, 2.45) is 0 Å². The number of fused-ring (bicyclic) bond motifs is 1. The number of hydrogen-bond acceptors (Lipinski definition) is 4. The molecule has 3 rings (SSSR count). The fraction of sp³-hybridized carbons (Fsp3) is 0.167. The Bertz CT molecular complexity index is 864. The molecule has 1 N–H and O–H groups in total. The molecule has 0 spiro atoms. The van der Waals surface area contributed by atoms with Gasteiger partial charge in [-0.15, -0.1) is 0 Å². The molecule has 0 atom stereocenters. The lowest BCUT2D eigenvalue weighted by molar-refractivity contribution is 0.619. The Morgan fingerprint density at radius 1 is 1.05 bits per heavy atom. The Labute approximate surface area is 129 Å². The van der Waals surface area contributed by atoms with Gasteiger partial charge in [-0.1, -0.05) is 6.07 Å². The summed E-state index contributed by atoms with van der Waals surface area (Å²) in [5.41, 5.74) is 3.31. The van der Waals surface area contributed by atoms with E-state index in [0.717, 1.165) is 16.9 Å². The summed E-state index contributed by atoms with van der Waals surface area (Å²) in [5.74, 6) is 0.580. The molecule has 1 aromatic heterocycles. The van der Waals surface area contributed by atoms with Crippen LogP contribution in [0, 0.1) is 0 Å². The maximum atomic E-state index is 12.4. The first kappa shape index (κ1) is 14.2. The topological polar surface area (TPSA) is 45.5 Å². The smallest absolute Gasteiger partial charge is 0.195 e. The predicted molar refractivity (Wildman–Crippen MR) is 91.8 cm³/mol. The van der Waals surface area contributed by atoms with Crippen LogP contribution in [0.25, 0.3) is 22.3 Å². The highest BCUT2D eigenvalue weighted by molar-refractivity contribution is 5.90. The lowest BCUT2D eigenvalue weighted by Gasteiger charge is -2.12. The van der Waals surface area contributed by atoms with Gasteiger partial charge in [0.25, 0.3) is 0 Å². The lowest BCUT2D eigenvalue weighted by Crippen LogP contribution is -2.08. The Morgan fingerprint density at radius 2 is 1.77 bits per heavy atom. The minimum atomic E-state index is -0.0436. The number of benzene rings is 2. The Morgan fingerprint density at radius 3 is 2.41 bits per heavy atom. The zero-order valence-electron chi connectivity index (χ0n) is 12.9. The molecule has 0 aliphatic rings. The van der Waals surface area contributed by atoms with E-state index in [4.69, 9.17) is 4.42 Å². The van der Waals surface area contributed by atoms with Gasteiger partial charge in [-0.25, -0.2) is 0 Å². The van der Waals surface area contributed by atoms with Crippen molar-refractivity contribution in [3.8, 4) is 11.3 Å². The molecule has 1 heterocycles. The zero-order valence-corrected chi connectivity index (χ0v) is 12.9. The van der Waals surface area contributed by atoms with Crippen molar-refractivity contribution in [3.05, 3.63) is 58.8 Å². The molecule has 2 aromatic carbocycles. The van der Waals surface area contributed by atoms with Gasteiger partial charge in [-0.3, -0.25) is 4.79 Å². The van der Waals surface area contributed by atoms with Crippen LogP contribution in [0.1, 0.15) is 0 Å². The SMILES string of the molecule is CNc1cccc2oc(-c3ccc(N(C)C)cc3)cc(=O)c12. The first-order valence-electron chi connectivity index (χ1n) is 7.12. The van der Waals surface area contributed by atoms with Crippen LogP contribution in [-0.4, -0.2) is 21.1 Å². The average Bonchev–Trinajstić information content (AvgIpc) is 2.54. The molecule has 0 bridgehead atoms. The Balaban J connectivity index is 2.14.